The Balaban J connectivity index is 0. The second kappa shape index (κ2) is 10.8. The Bertz CT molecular complexity index is 226. The van der Waals surface area contributed by atoms with Gasteiger partial charge in [-0.05, 0) is 34.7 Å². The molecule has 0 aliphatic rings. The fourth-order valence-electron chi connectivity index (χ4n) is 0.415. The van der Waals surface area contributed by atoms with Gasteiger partial charge in [0.05, 0.1) is 0 Å². The van der Waals surface area contributed by atoms with Crippen molar-refractivity contribution in [2.75, 3.05) is 0 Å². The Labute approximate surface area is 122 Å². The van der Waals surface area contributed by atoms with Crippen LogP contribution in [0.2, 0.25) is 0 Å². The molecule has 0 heterocycles. The molecule has 0 amide bonds. The van der Waals surface area contributed by atoms with Crippen LogP contribution in [0.4, 0.5) is 0 Å². The number of benzene rings is 1. The molecule has 0 saturated carbocycles. The van der Waals surface area contributed by atoms with E-state index in [9.17, 15) is 4.79 Å². The molecule has 1 aromatic rings. The molecule has 1 rings (SSSR count). The Kier molecular flexibility index (Phi) is 13.3. The van der Waals surface area contributed by atoms with Gasteiger partial charge in [-0.25, -0.2) is 0 Å². The normalized spacial score (nSPS) is 7.54. The summed E-state index contributed by atoms with van der Waals surface area (Å²) in [6.07, 6.45) is 0.222. The summed E-state index contributed by atoms with van der Waals surface area (Å²) >= 11 is 2.28. The number of rotatable bonds is 1. The van der Waals surface area contributed by atoms with Gasteiger partial charge in [-0.15, -0.1) is 0 Å². The van der Waals surface area contributed by atoms with E-state index in [2.05, 4.69) is 34.7 Å². The van der Waals surface area contributed by atoms with Crippen molar-refractivity contribution in [3.05, 3.63) is 33.9 Å². The molecule has 0 aliphatic carbocycles. The van der Waals surface area contributed by atoms with Crippen LogP contribution < -0.4 is 0 Å². The molecule has 0 aliphatic heterocycles. The van der Waals surface area contributed by atoms with Crippen molar-refractivity contribution in [1.82, 2.24) is 0 Å². The van der Waals surface area contributed by atoms with Crippen molar-refractivity contribution in [3.8, 4) is 0 Å². The van der Waals surface area contributed by atoms with Crippen LogP contribution >= 0.6 is 22.6 Å². The second-order valence-corrected chi connectivity index (χ2v) is 3.29. The summed E-state index contributed by atoms with van der Waals surface area (Å²) in [7, 11) is 0. The molecular formula is C9H13CaIO2. The summed E-state index contributed by atoms with van der Waals surface area (Å²) in [5.74, 6) is -0.745. The Hall–Kier alpha value is 0.680. The Morgan fingerprint density at radius 2 is 1.77 bits per heavy atom. The molecule has 1 aromatic carbocycles. The Morgan fingerprint density at radius 3 is 1.92 bits per heavy atom. The van der Waals surface area contributed by atoms with Crippen LogP contribution in [0.15, 0.2) is 30.3 Å². The van der Waals surface area contributed by atoms with E-state index in [0.717, 1.165) is 0 Å². The van der Waals surface area contributed by atoms with Crippen molar-refractivity contribution in [1.29, 1.82) is 0 Å². The van der Waals surface area contributed by atoms with Gasteiger partial charge in [0.1, 0.15) is 0 Å². The van der Waals surface area contributed by atoms with Crippen molar-refractivity contribution in [3.63, 3.8) is 0 Å². The number of hydrogen-bond acceptors (Lipinski definition) is 1. The maximum absolute atomic E-state index is 9.37. The van der Waals surface area contributed by atoms with E-state index in [0.29, 0.717) is 0 Å². The zero-order valence-electron chi connectivity index (χ0n) is 6.83. The first-order valence-electron chi connectivity index (χ1n) is 3.59. The zero-order valence-corrected chi connectivity index (χ0v) is 8.98. The van der Waals surface area contributed by atoms with Gasteiger partial charge in [-0.1, -0.05) is 25.1 Å². The summed E-state index contributed by atoms with van der Waals surface area (Å²) in [6, 6.07) is 10.2. The first kappa shape index (κ1) is 16.1. The standard InChI is InChI=1S/C6H5I.C3H6O2.Ca.2H/c7-6-4-2-1-3-5-6;1-2-3(4)5;;;/h1-5H;2H2,1H3,(H,4,5);;;. The van der Waals surface area contributed by atoms with Crippen LogP contribution in [-0.2, 0) is 4.79 Å². The van der Waals surface area contributed by atoms with Crippen molar-refractivity contribution >= 4 is 66.3 Å². The topological polar surface area (TPSA) is 37.3 Å². The van der Waals surface area contributed by atoms with Gasteiger partial charge in [0.15, 0.2) is 0 Å². The van der Waals surface area contributed by atoms with Gasteiger partial charge < -0.3 is 5.11 Å². The van der Waals surface area contributed by atoms with Crippen LogP contribution in [-0.4, -0.2) is 48.8 Å². The zero-order chi connectivity index (χ0) is 9.40. The van der Waals surface area contributed by atoms with E-state index in [4.69, 9.17) is 5.11 Å². The monoisotopic (exact) mass is 320 g/mol. The molecule has 4 heteroatoms. The minimum absolute atomic E-state index is 0. The van der Waals surface area contributed by atoms with Gasteiger partial charge in [0.25, 0.3) is 0 Å². The predicted octanol–water partition coefficient (Wildman–Crippen LogP) is 1.86. The van der Waals surface area contributed by atoms with E-state index in [1.54, 1.807) is 6.92 Å². The van der Waals surface area contributed by atoms with Crippen LogP contribution in [0.1, 0.15) is 13.3 Å². The van der Waals surface area contributed by atoms with Gasteiger partial charge in [-0.3, -0.25) is 4.79 Å². The molecule has 70 valence electrons. The van der Waals surface area contributed by atoms with Crippen molar-refractivity contribution in [2.24, 2.45) is 0 Å². The third-order valence-electron chi connectivity index (χ3n) is 1.04. The number of carboxylic acid groups (broad SMARTS) is 1. The van der Waals surface area contributed by atoms with Crippen LogP contribution in [0.5, 0.6) is 0 Å². The van der Waals surface area contributed by atoms with Crippen LogP contribution in [0.25, 0.3) is 0 Å². The average Bonchev–Trinajstić information content (AvgIpc) is 2.07. The SMILES string of the molecule is CCC(=O)O.Ic1ccccc1.[CaH2]. The molecule has 2 nitrogen and oxygen atoms in total. The molecule has 0 spiro atoms. The molecule has 0 unspecified atom stereocenters. The summed E-state index contributed by atoms with van der Waals surface area (Å²) in [4.78, 5) is 9.37. The quantitative estimate of drug-likeness (QED) is 0.633. The molecule has 0 fully saturated rings. The summed E-state index contributed by atoms with van der Waals surface area (Å²) < 4.78 is 1.29. The van der Waals surface area contributed by atoms with Crippen LogP contribution in [0.3, 0.4) is 0 Å². The van der Waals surface area contributed by atoms with E-state index >= 15 is 0 Å². The Morgan fingerprint density at radius 1 is 1.38 bits per heavy atom. The number of carbonyl (C=O) groups is 1. The van der Waals surface area contributed by atoms with Gasteiger partial charge in [0, 0.05) is 9.99 Å². The van der Waals surface area contributed by atoms with Gasteiger partial charge in [-0.2, -0.15) is 0 Å². The predicted molar refractivity (Wildman–Crippen MR) is 65.6 cm³/mol. The molecule has 0 aromatic heterocycles. The van der Waals surface area contributed by atoms with Gasteiger partial charge in [0.2, 0.25) is 0 Å². The number of halogens is 1. The first-order valence-corrected chi connectivity index (χ1v) is 4.67. The number of hydrogen-bond donors (Lipinski definition) is 1. The van der Waals surface area contributed by atoms with E-state index in [1.807, 2.05) is 18.2 Å². The third kappa shape index (κ3) is 12.7. The molecule has 0 radical (unpaired) electrons. The van der Waals surface area contributed by atoms with Crippen LogP contribution in [0, 0.1) is 3.57 Å². The molecule has 13 heavy (non-hydrogen) atoms. The van der Waals surface area contributed by atoms with Gasteiger partial charge >= 0.3 is 43.7 Å². The fourth-order valence-corrected chi connectivity index (χ4v) is 0.830. The fraction of sp³-hybridized carbons (Fsp3) is 0.222. The summed E-state index contributed by atoms with van der Waals surface area (Å²) in [6.45, 7) is 1.60. The molecule has 0 atom stereocenters. The van der Waals surface area contributed by atoms with E-state index in [-0.39, 0.29) is 44.2 Å². The number of carboxylic acids is 1. The van der Waals surface area contributed by atoms with E-state index < -0.39 is 5.97 Å². The molecule has 0 saturated heterocycles. The molecule has 0 bridgehead atoms. The third-order valence-corrected chi connectivity index (χ3v) is 1.75. The summed E-state index contributed by atoms with van der Waals surface area (Å²) in [5.41, 5.74) is 0. The van der Waals surface area contributed by atoms with E-state index in [1.165, 1.54) is 3.57 Å². The maximum atomic E-state index is 9.37. The van der Waals surface area contributed by atoms with Crippen molar-refractivity contribution in [2.45, 2.75) is 13.3 Å². The molecular weight excluding hydrogens is 307 g/mol. The first-order chi connectivity index (χ1) is 5.66. The minimum atomic E-state index is -0.745. The molecule has 1 N–H and O–H groups in total. The second-order valence-electron chi connectivity index (χ2n) is 2.04. The van der Waals surface area contributed by atoms with Crippen molar-refractivity contribution < 1.29 is 9.90 Å². The number of aliphatic carboxylic acids is 1. The average molecular weight is 320 g/mol. The summed E-state index contributed by atoms with van der Waals surface area (Å²) in [5, 5.41) is 7.72.